The second-order valence-electron chi connectivity index (χ2n) is 3.27. The monoisotopic (exact) mass is 214 g/mol. The lowest BCUT2D eigenvalue weighted by Gasteiger charge is -2.14. The fourth-order valence-electron chi connectivity index (χ4n) is 1.41. The largest absolute Gasteiger partial charge is 0.496 e. The molecule has 0 radical (unpaired) electrons. The summed E-state index contributed by atoms with van der Waals surface area (Å²) in [5.41, 5.74) is 0.422. The quantitative estimate of drug-likeness (QED) is 0.783. The fraction of sp³-hybridized carbons (Fsp3) is 0.455. The van der Waals surface area contributed by atoms with Crippen LogP contribution in [0.2, 0.25) is 0 Å². The van der Waals surface area contributed by atoms with Crippen molar-refractivity contribution in [3.8, 4) is 5.75 Å². The number of rotatable bonds is 5. The Bertz CT molecular complexity index is 315. The molecule has 1 rings (SSSR count). The minimum atomic E-state index is -0.803. The smallest absolute Gasteiger partial charge is 0.124 e. The van der Waals surface area contributed by atoms with Crippen molar-refractivity contribution >= 4 is 0 Å². The average molecular weight is 214 g/mol. The molecule has 0 aromatic heterocycles. The third-order valence-corrected chi connectivity index (χ3v) is 2.19. The van der Waals surface area contributed by atoms with Gasteiger partial charge in [0.2, 0.25) is 0 Å². The van der Waals surface area contributed by atoms with Gasteiger partial charge in [-0.3, -0.25) is 0 Å². The van der Waals surface area contributed by atoms with Crippen molar-refractivity contribution in [1.82, 2.24) is 0 Å². The van der Waals surface area contributed by atoms with E-state index in [1.807, 2.05) is 0 Å². The maximum atomic E-state index is 12.9. The lowest BCUT2D eigenvalue weighted by atomic mass is 10.0. The van der Waals surface area contributed by atoms with Gasteiger partial charge in [0.05, 0.1) is 13.2 Å². The highest BCUT2D eigenvalue weighted by Gasteiger charge is 2.13. The van der Waals surface area contributed by atoms with Crippen LogP contribution in [-0.2, 0) is 0 Å². The summed E-state index contributed by atoms with van der Waals surface area (Å²) in [5.74, 6) is 0.0516. The third-order valence-electron chi connectivity index (χ3n) is 2.19. The highest BCUT2D eigenvalue weighted by Crippen LogP contribution is 2.28. The Kier molecular flexibility index (Phi) is 4.52. The van der Waals surface area contributed by atoms with Gasteiger partial charge in [-0.15, -0.1) is 0 Å². The molecule has 0 amide bonds. The molecule has 3 nitrogen and oxygen atoms in total. The first kappa shape index (κ1) is 11.9. The van der Waals surface area contributed by atoms with Crippen molar-refractivity contribution in [3.63, 3.8) is 0 Å². The molecule has 0 aliphatic carbocycles. The highest BCUT2D eigenvalue weighted by atomic mass is 19.1. The van der Waals surface area contributed by atoms with E-state index in [-0.39, 0.29) is 6.61 Å². The van der Waals surface area contributed by atoms with E-state index < -0.39 is 11.9 Å². The number of hydrogen-bond acceptors (Lipinski definition) is 3. The van der Waals surface area contributed by atoms with E-state index in [1.165, 1.54) is 25.3 Å². The normalized spacial score (nSPS) is 12.5. The van der Waals surface area contributed by atoms with Crippen molar-refractivity contribution < 1.29 is 19.3 Å². The van der Waals surface area contributed by atoms with Gasteiger partial charge in [-0.25, -0.2) is 4.39 Å². The van der Waals surface area contributed by atoms with Crippen LogP contribution in [0, 0.1) is 5.82 Å². The summed E-state index contributed by atoms with van der Waals surface area (Å²) in [5, 5.41) is 18.4. The van der Waals surface area contributed by atoms with E-state index in [9.17, 15) is 9.50 Å². The summed E-state index contributed by atoms with van der Waals surface area (Å²) >= 11 is 0. The number of halogens is 1. The standard InChI is InChI=1S/C11H15FO3/c1-15-11-5-4-8(12)7-9(11)10(14)3-2-6-13/h4-5,7,10,13-14H,2-3,6H2,1H3. The van der Waals surface area contributed by atoms with Crippen LogP contribution in [0.1, 0.15) is 24.5 Å². The number of methoxy groups -OCH3 is 1. The highest BCUT2D eigenvalue weighted by molar-refractivity contribution is 5.35. The fourth-order valence-corrected chi connectivity index (χ4v) is 1.41. The molecule has 0 saturated carbocycles. The predicted molar refractivity (Wildman–Crippen MR) is 54.2 cm³/mol. The number of aliphatic hydroxyl groups excluding tert-OH is 2. The second kappa shape index (κ2) is 5.68. The molecule has 0 saturated heterocycles. The minimum absolute atomic E-state index is 0.00862. The predicted octanol–water partition coefficient (Wildman–Crippen LogP) is 1.64. The van der Waals surface area contributed by atoms with Crippen molar-refractivity contribution in [2.75, 3.05) is 13.7 Å². The van der Waals surface area contributed by atoms with Crippen molar-refractivity contribution in [3.05, 3.63) is 29.6 Å². The lowest BCUT2D eigenvalue weighted by Crippen LogP contribution is -2.02. The van der Waals surface area contributed by atoms with Gasteiger partial charge < -0.3 is 14.9 Å². The maximum absolute atomic E-state index is 12.9. The van der Waals surface area contributed by atoms with E-state index >= 15 is 0 Å². The van der Waals surface area contributed by atoms with Crippen LogP contribution >= 0.6 is 0 Å². The first-order valence-corrected chi connectivity index (χ1v) is 4.81. The number of hydrogen-bond donors (Lipinski definition) is 2. The first-order chi connectivity index (χ1) is 7.19. The Morgan fingerprint density at radius 3 is 2.80 bits per heavy atom. The van der Waals surface area contributed by atoms with Crippen LogP contribution in [-0.4, -0.2) is 23.9 Å². The molecule has 2 N–H and O–H groups in total. The molecule has 0 fully saturated rings. The summed E-state index contributed by atoms with van der Waals surface area (Å²) in [6.07, 6.45) is 0.0553. The molecule has 0 aliphatic heterocycles. The van der Waals surface area contributed by atoms with Gasteiger partial charge in [-0.1, -0.05) is 0 Å². The van der Waals surface area contributed by atoms with Gasteiger partial charge in [-0.05, 0) is 31.0 Å². The third kappa shape index (κ3) is 3.18. The van der Waals surface area contributed by atoms with Gasteiger partial charge >= 0.3 is 0 Å². The van der Waals surface area contributed by atoms with Crippen LogP contribution in [0.25, 0.3) is 0 Å². The summed E-state index contributed by atoms with van der Waals surface area (Å²) in [7, 11) is 1.47. The number of benzene rings is 1. The van der Waals surface area contributed by atoms with Crippen molar-refractivity contribution in [1.29, 1.82) is 0 Å². The molecular weight excluding hydrogens is 199 g/mol. The Hall–Kier alpha value is -1.13. The van der Waals surface area contributed by atoms with Crippen LogP contribution in [0.5, 0.6) is 5.75 Å². The molecule has 4 heteroatoms. The van der Waals surface area contributed by atoms with Crippen LogP contribution in [0.3, 0.4) is 0 Å². The molecule has 0 heterocycles. The van der Waals surface area contributed by atoms with Gasteiger partial charge in [-0.2, -0.15) is 0 Å². The minimum Gasteiger partial charge on any atom is -0.496 e. The molecule has 84 valence electrons. The molecule has 1 aromatic rings. The van der Waals surface area contributed by atoms with Gasteiger partial charge in [0.25, 0.3) is 0 Å². The molecule has 0 aliphatic rings. The zero-order valence-corrected chi connectivity index (χ0v) is 8.61. The molecule has 1 unspecified atom stereocenters. The molecular formula is C11H15FO3. The maximum Gasteiger partial charge on any atom is 0.124 e. The van der Waals surface area contributed by atoms with Crippen molar-refractivity contribution in [2.24, 2.45) is 0 Å². The van der Waals surface area contributed by atoms with Crippen molar-refractivity contribution in [2.45, 2.75) is 18.9 Å². The van der Waals surface area contributed by atoms with Gasteiger partial charge in [0.1, 0.15) is 11.6 Å². The Morgan fingerprint density at radius 1 is 1.47 bits per heavy atom. The van der Waals surface area contributed by atoms with E-state index in [0.29, 0.717) is 24.2 Å². The summed E-state index contributed by atoms with van der Waals surface area (Å²) in [4.78, 5) is 0. The van der Waals surface area contributed by atoms with E-state index in [0.717, 1.165) is 0 Å². The molecule has 0 bridgehead atoms. The Morgan fingerprint density at radius 2 is 2.20 bits per heavy atom. The van der Waals surface area contributed by atoms with Crippen LogP contribution in [0.4, 0.5) is 4.39 Å². The Labute approximate surface area is 88.1 Å². The summed E-state index contributed by atoms with van der Waals surface area (Å²) in [6, 6.07) is 4.01. The second-order valence-corrected chi connectivity index (χ2v) is 3.27. The van der Waals surface area contributed by atoms with Gasteiger partial charge in [0.15, 0.2) is 0 Å². The van der Waals surface area contributed by atoms with E-state index in [4.69, 9.17) is 9.84 Å². The number of ether oxygens (including phenoxy) is 1. The topological polar surface area (TPSA) is 49.7 Å². The summed E-state index contributed by atoms with van der Waals surface area (Å²) in [6.45, 7) is 0.00862. The molecule has 0 spiro atoms. The average Bonchev–Trinajstić information content (AvgIpc) is 2.25. The van der Waals surface area contributed by atoms with Crippen LogP contribution in [0.15, 0.2) is 18.2 Å². The molecule has 1 aromatic carbocycles. The lowest BCUT2D eigenvalue weighted by molar-refractivity contribution is 0.148. The number of aliphatic hydroxyl groups is 2. The zero-order valence-electron chi connectivity index (χ0n) is 8.61. The van der Waals surface area contributed by atoms with Crippen LogP contribution < -0.4 is 4.74 Å². The van der Waals surface area contributed by atoms with Gasteiger partial charge in [0, 0.05) is 12.2 Å². The first-order valence-electron chi connectivity index (χ1n) is 4.81. The Balaban J connectivity index is 2.85. The molecule has 1 atom stereocenters. The summed E-state index contributed by atoms with van der Waals surface area (Å²) < 4.78 is 18.0. The molecule has 15 heavy (non-hydrogen) atoms. The van der Waals surface area contributed by atoms with E-state index in [2.05, 4.69) is 0 Å². The van der Waals surface area contributed by atoms with E-state index in [1.54, 1.807) is 0 Å². The zero-order chi connectivity index (χ0) is 11.3. The SMILES string of the molecule is COc1ccc(F)cc1C(O)CCCO.